The molecule has 14 aromatic rings. The van der Waals surface area contributed by atoms with Crippen LogP contribution >= 0.6 is 11.8 Å². The van der Waals surface area contributed by atoms with Gasteiger partial charge in [-0.2, -0.15) is 0 Å². The van der Waals surface area contributed by atoms with E-state index in [0.29, 0.717) is 5.58 Å². The van der Waals surface area contributed by atoms with Crippen molar-refractivity contribution in [3.8, 4) is 33.4 Å². The zero-order valence-corrected chi connectivity index (χ0v) is 52.6. The summed E-state index contributed by atoms with van der Waals surface area (Å²) in [5.74, 6) is 0. The largest absolute Gasteiger partial charge is 0.455 e. The van der Waals surface area contributed by atoms with Crippen molar-refractivity contribution in [3.63, 3.8) is 0 Å². The number of para-hydroxylation sites is 4. The smallest absolute Gasteiger partial charge is 0.145 e. The van der Waals surface area contributed by atoms with E-state index >= 15 is 5.11 Å². The van der Waals surface area contributed by atoms with Crippen molar-refractivity contribution in [2.45, 2.75) is 67.8 Å². The van der Waals surface area contributed by atoms with Crippen LogP contribution in [0.5, 0.6) is 0 Å². The second kappa shape index (κ2) is 21.7. The molecule has 440 valence electrons. The van der Waals surface area contributed by atoms with Gasteiger partial charge >= 0.3 is 0 Å². The number of fused-ring (bicyclic) bond motifs is 11. The lowest BCUT2D eigenvalue weighted by Gasteiger charge is -2.38. The monoisotopic (exact) mass is 1190 g/mol. The maximum Gasteiger partial charge on any atom is 0.145 e. The number of hydrogen-bond donors (Lipinski definition) is 1. The van der Waals surface area contributed by atoms with Crippen LogP contribution < -0.4 is 14.7 Å². The first-order valence-electron chi connectivity index (χ1n) is 31.5. The molecular formula is C85H67N3O2S. The van der Waals surface area contributed by atoms with E-state index in [0.717, 1.165) is 138 Å². The van der Waals surface area contributed by atoms with Gasteiger partial charge in [-0.1, -0.05) is 247 Å². The third-order valence-corrected chi connectivity index (χ3v) is 19.7. The number of anilines is 9. The van der Waals surface area contributed by atoms with Gasteiger partial charge in [0, 0.05) is 71.1 Å². The van der Waals surface area contributed by atoms with E-state index < -0.39 is 5.60 Å². The van der Waals surface area contributed by atoms with Crippen molar-refractivity contribution >= 4 is 95.7 Å². The molecule has 1 aliphatic heterocycles. The van der Waals surface area contributed by atoms with Crippen molar-refractivity contribution < 1.29 is 9.52 Å². The molecule has 0 saturated heterocycles. The minimum Gasteiger partial charge on any atom is -0.455 e. The van der Waals surface area contributed by atoms with E-state index in [1.54, 1.807) is 11.8 Å². The van der Waals surface area contributed by atoms with Crippen LogP contribution in [0.2, 0.25) is 0 Å². The summed E-state index contributed by atoms with van der Waals surface area (Å²) >= 11 is 1.78. The summed E-state index contributed by atoms with van der Waals surface area (Å²) in [6, 6.07) is 105. The fourth-order valence-electron chi connectivity index (χ4n) is 14.0. The molecule has 0 saturated carbocycles. The van der Waals surface area contributed by atoms with Gasteiger partial charge in [-0.15, -0.1) is 0 Å². The molecule has 0 spiro atoms. The highest BCUT2D eigenvalue weighted by molar-refractivity contribution is 7.99. The summed E-state index contributed by atoms with van der Waals surface area (Å²) in [4.78, 5) is 9.39. The third-order valence-electron chi connectivity index (χ3n) is 18.6. The van der Waals surface area contributed by atoms with Gasteiger partial charge in [0.2, 0.25) is 0 Å². The molecule has 1 atom stereocenters. The Balaban J connectivity index is 1.03. The summed E-state index contributed by atoms with van der Waals surface area (Å²) in [6.07, 6.45) is 0. The molecule has 1 aliphatic carbocycles. The zero-order chi connectivity index (χ0) is 61.8. The number of benzene rings is 13. The molecule has 16 rings (SSSR count). The number of nitrogens with zero attached hydrogens (tertiary/aromatic N) is 3. The van der Waals surface area contributed by atoms with Gasteiger partial charge in [-0.05, 0) is 147 Å². The molecule has 2 aliphatic rings. The number of furan rings is 1. The molecule has 2 heterocycles. The zero-order valence-electron chi connectivity index (χ0n) is 51.8. The Morgan fingerprint density at radius 1 is 0.363 bits per heavy atom. The average Bonchev–Trinajstić information content (AvgIpc) is 1.53. The summed E-state index contributed by atoms with van der Waals surface area (Å²) in [6.45, 7) is 13.6. The van der Waals surface area contributed by atoms with E-state index in [1.165, 1.54) is 11.1 Å². The SMILES string of the molecule is CC(C)(C)c1ccc(N(c2ccc(-c3ccccc3)cc2)c2cc3c(c4ccccc24)-c2c(cc(N(c4ccc(-c5ccccc5)cc4)c4ccc(C(C)(C)C)cc4)c4c2oc2ccccc24)C3(O)c2ccccc2N2c3ccccc3Sc3ccccc32)cc1. The van der Waals surface area contributed by atoms with Gasteiger partial charge in [0.25, 0.3) is 0 Å². The molecule has 1 N–H and O–H groups in total. The fraction of sp³-hybridized carbons (Fsp3) is 0.106. The van der Waals surface area contributed by atoms with Crippen molar-refractivity contribution in [3.05, 3.63) is 319 Å². The topological polar surface area (TPSA) is 43.1 Å². The van der Waals surface area contributed by atoms with Crippen molar-refractivity contribution in [2.24, 2.45) is 0 Å². The second-order valence-electron chi connectivity index (χ2n) is 26.2. The van der Waals surface area contributed by atoms with Crippen LogP contribution in [-0.4, -0.2) is 5.11 Å². The van der Waals surface area contributed by atoms with Crippen molar-refractivity contribution in [1.82, 2.24) is 0 Å². The van der Waals surface area contributed by atoms with E-state index in [1.807, 2.05) is 0 Å². The predicted octanol–water partition coefficient (Wildman–Crippen LogP) is 23.8. The van der Waals surface area contributed by atoms with Crippen LogP contribution in [0.25, 0.3) is 66.1 Å². The fourth-order valence-corrected chi connectivity index (χ4v) is 15.1. The minimum atomic E-state index is -1.84. The lowest BCUT2D eigenvalue weighted by Crippen LogP contribution is -2.30. The number of aliphatic hydroxyl groups is 1. The number of hydrogen-bond acceptors (Lipinski definition) is 6. The molecule has 91 heavy (non-hydrogen) atoms. The second-order valence-corrected chi connectivity index (χ2v) is 27.3. The van der Waals surface area contributed by atoms with E-state index in [9.17, 15) is 0 Å². The number of rotatable bonds is 10. The molecule has 1 aromatic heterocycles. The lowest BCUT2D eigenvalue weighted by atomic mass is 9.81. The Kier molecular flexibility index (Phi) is 13.3. The van der Waals surface area contributed by atoms with Crippen LogP contribution in [0.1, 0.15) is 69.4 Å². The minimum absolute atomic E-state index is 0.0669. The molecule has 0 amide bonds. The lowest BCUT2D eigenvalue weighted by molar-refractivity contribution is 0.131. The van der Waals surface area contributed by atoms with Crippen LogP contribution in [0.15, 0.2) is 305 Å². The molecule has 1 unspecified atom stereocenters. The molecular weight excluding hydrogens is 1130 g/mol. The van der Waals surface area contributed by atoms with E-state index in [4.69, 9.17) is 4.42 Å². The normalized spacial score (nSPS) is 14.3. The predicted molar refractivity (Wildman–Crippen MR) is 382 cm³/mol. The molecule has 0 fully saturated rings. The van der Waals surface area contributed by atoms with Crippen molar-refractivity contribution in [2.75, 3.05) is 14.7 Å². The first kappa shape index (κ1) is 55.9. The van der Waals surface area contributed by atoms with Crippen LogP contribution in [-0.2, 0) is 16.4 Å². The first-order valence-corrected chi connectivity index (χ1v) is 32.3. The molecule has 5 nitrogen and oxygen atoms in total. The van der Waals surface area contributed by atoms with E-state index in [2.05, 4.69) is 347 Å². The van der Waals surface area contributed by atoms with Gasteiger partial charge in [-0.3, -0.25) is 0 Å². The van der Waals surface area contributed by atoms with Gasteiger partial charge in [0.1, 0.15) is 16.8 Å². The molecule has 0 radical (unpaired) electrons. The summed E-state index contributed by atoms with van der Waals surface area (Å²) in [5.41, 5.74) is 19.2. The quantitative estimate of drug-likeness (QED) is 0.147. The average molecular weight is 1190 g/mol. The van der Waals surface area contributed by atoms with Gasteiger partial charge < -0.3 is 24.2 Å². The van der Waals surface area contributed by atoms with Gasteiger partial charge in [0.05, 0.1) is 33.8 Å². The molecule has 13 aromatic carbocycles. The molecule has 6 heteroatoms. The van der Waals surface area contributed by atoms with Gasteiger partial charge in [0.15, 0.2) is 0 Å². The van der Waals surface area contributed by atoms with E-state index in [-0.39, 0.29) is 10.8 Å². The summed E-state index contributed by atoms with van der Waals surface area (Å²) in [7, 11) is 0. The Labute approximate surface area is 536 Å². The first-order chi connectivity index (χ1) is 44.3. The standard InChI is InChI=1S/C85H67N3O2S/c1-83(2,3)59-41-49-63(50-42-59)86(61-45-37-57(38-46-61)55-23-9-7-10-24-55)74-53-69-79(66-28-14-13-27-65(66)74)81-70(85(69,89)68-30-16-17-31-71(68)88-72-32-18-21-35-77(72)91-78-36-22-19-33-73(78)88)54-75(80-67-29-15-20-34-76(67)90-82(80)81)87(64-51-43-60(44-52-64)84(4,5)6)62-47-39-58(40-48-62)56-25-11-8-12-26-56/h7-54,89H,1-6H3. The van der Waals surface area contributed by atoms with Crippen LogP contribution in [0.4, 0.5) is 51.2 Å². The third kappa shape index (κ3) is 9.34. The Hall–Kier alpha value is -10.4. The maximum absolute atomic E-state index is 15.7. The Bertz CT molecular complexity index is 5060. The summed E-state index contributed by atoms with van der Waals surface area (Å²) in [5, 5.41) is 19.7. The maximum atomic E-state index is 15.7. The van der Waals surface area contributed by atoms with Gasteiger partial charge in [-0.25, -0.2) is 0 Å². The van der Waals surface area contributed by atoms with Crippen LogP contribution in [0.3, 0.4) is 0 Å². The Morgan fingerprint density at radius 3 is 1.29 bits per heavy atom. The van der Waals surface area contributed by atoms with Crippen molar-refractivity contribution in [1.29, 1.82) is 0 Å². The molecule has 0 bridgehead atoms. The summed E-state index contributed by atoms with van der Waals surface area (Å²) < 4.78 is 7.51. The van der Waals surface area contributed by atoms with Crippen LogP contribution in [0, 0.1) is 0 Å². The highest BCUT2D eigenvalue weighted by Crippen LogP contribution is 2.63. The Morgan fingerprint density at radius 2 is 0.758 bits per heavy atom. The highest BCUT2D eigenvalue weighted by Gasteiger charge is 2.50. The highest BCUT2D eigenvalue weighted by atomic mass is 32.2.